The van der Waals surface area contributed by atoms with Crippen LogP contribution in [-0.2, 0) is 6.54 Å². The molecule has 0 fully saturated rings. The van der Waals surface area contributed by atoms with Crippen LogP contribution in [0.2, 0.25) is 0 Å². The second-order valence-corrected chi connectivity index (χ2v) is 3.82. The molecule has 0 spiro atoms. The summed E-state index contributed by atoms with van der Waals surface area (Å²) in [6, 6.07) is 14.1. The average molecular weight is 278 g/mol. The summed E-state index contributed by atoms with van der Waals surface area (Å²) >= 11 is 0. The van der Waals surface area contributed by atoms with Crippen LogP contribution in [0.15, 0.2) is 58.9 Å². The number of benzene rings is 1. The number of rotatable bonds is 4. The van der Waals surface area contributed by atoms with Crippen LogP contribution in [0.5, 0.6) is 0 Å². The number of halogens is 1. The SMILES string of the molecule is Cl.NC(N)=NN=Cc1cccn1Cc1ccccc1. The van der Waals surface area contributed by atoms with Crippen LogP contribution in [0.1, 0.15) is 11.3 Å². The van der Waals surface area contributed by atoms with Crippen molar-refractivity contribution < 1.29 is 0 Å². The summed E-state index contributed by atoms with van der Waals surface area (Å²) in [5.41, 5.74) is 12.6. The van der Waals surface area contributed by atoms with E-state index >= 15 is 0 Å². The fourth-order valence-corrected chi connectivity index (χ4v) is 1.62. The standard InChI is InChI=1S/C13H15N5.ClH/c14-13(15)17-16-9-12-7-4-8-18(12)10-11-5-2-1-3-6-11;/h1-9H,10H2,(H4,14,15,17);1H. The van der Waals surface area contributed by atoms with Crippen LogP contribution < -0.4 is 11.5 Å². The minimum atomic E-state index is -0.0487. The Kier molecular flexibility index (Phi) is 5.63. The number of nitrogens with zero attached hydrogens (tertiary/aromatic N) is 3. The van der Waals surface area contributed by atoms with Crippen molar-refractivity contribution in [3.63, 3.8) is 0 Å². The highest BCUT2D eigenvalue weighted by Gasteiger charge is 1.98. The first-order valence-electron chi connectivity index (χ1n) is 5.57. The van der Waals surface area contributed by atoms with Gasteiger partial charge in [0.25, 0.3) is 0 Å². The molecule has 0 bridgehead atoms. The number of guanidine groups is 1. The van der Waals surface area contributed by atoms with Crippen molar-refractivity contribution in [2.45, 2.75) is 6.54 Å². The van der Waals surface area contributed by atoms with Crippen LogP contribution in [0.3, 0.4) is 0 Å². The van der Waals surface area contributed by atoms with E-state index in [1.54, 1.807) is 6.21 Å². The molecule has 0 unspecified atom stereocenters. The molecular formula is C13H16ClN5. The third-order valence-electron chi connectivity index (χ3n) is 2.42. The molecule has 0 aliphatic rings. The van der Waals surface area contributed by atoms with Crippen LogP contribution >= 0.6 is 12.4 Å². The quantitative estimate of drug-likeness (QED) is 0.505. The van der Waals surface area contributed by atoms with Crippen LogP contribution in [-0.4, -0.2) is 16.7 Å². The molecule has 1 aromatic heterocycles. The largest absolute Gasteiger partial charge is 0.369 e. The number of aromatic nitrogens is 1. The molecule has 0 radical (unpaired) electrons. The molecule has 4 N–H and O–H groups in total. The second kappa shape index (κ2) is 7.23. The van der Waals surface area contributed by atoms with E-state index in [0.717, 1.165) is 12.2 Å². The maximum atomic E-state index is 5.20. The lowest BCUT2D eigenvalue weighted by molar-refractivity contribution is 0.799. The highest BCUT2D eigenvalue weighted by Crippen LogP contribution is 2.06. The number of nitrogens with two attached hydrogens (primary N) is 2. The highest BCUT2D eigenvalue weighted by molar-refractivity contribution is 5.85. The van der Waals surface area contributed by atoms with Crippen molar-refractivity contribution in [3.05, 3.63) is 59.9 Å². The molecule has 1 heterocycles. The van der Waals surface area contributed by atoms with Crippen LogP contribution in [0.4, 0.5) is 0 Å². The van der Waals surface area contributed by atoms with Gasteiger partial charge in [-0.3, -0.25) is 0 Å². The third-order valence-corrected chi connectivity index (χ3v) is 2.42. The molecule has 0 saturated heterocycles. The van der Waals surface area contributed by atoms with E-state index in [4.69, 9.17) is 11.5 Å². The van der Waals surface area contributed by atoms with E-state index in [0.29, 0.717) is 0 Å². The summed E-state index contributed by atoms with van der Waals surface area (Å²) in [4.78, 5) is 0. The molecule has 6 heteroatoms. The molecule has 19 heavy (non-hydrogen) atoms. The molecule has 0 saturated carbocycles. The first-order chi connectivity index (χ1) is 8.75. The Balaban J connectivity index is 0.00000180. The molecule has 5 nitrogen and oxygen atoms in total. The van der Waals surface area contributed by atoms with Gasteiger partial charge in [0.1, 0.15) is 0 Å². The van der Waals surface area contributed by atoms with Crippen molar-refractivity contribution in [3.8, 4) is 0 Å². The summed E-state index contributed by atoms with van der Waals surface area (Å²) in [5, 5.41) is 7.38. The van der Waals surface area contributed by atoms with Gasteiger partial charge in [-0.25, -0.2) is 0 Å². The fourth-order valence-electron chi connectivity index (χ4n) is 1.62. The Labute approximate surface area is 118 Å². The summed E-state index contributed by atoms with van der Waals surface area (Å²) < 4.78 is 2.07. The normalized spacial score (nSPS) is 10.1. The topological polar surface area (TPSA) is 81.7 Å². The lowest BCUT2D eigenvalue weighted by Crippen LogP contribution is -2.21. The maximum Gasteiger partial charge on any atom is 0.211 e. The Hall–Kier alpha value is -2.27. The Morgan fingerprint density at radius 3 is 2.53 bits per heavy atom. The molecule has 1 aromatic carbocycles. The van der Waals surface area contributed by atoms with Crippen molar-refractivity contribution in [2.24, 2.45) is 21.7 Å². The van der Waals surface area contributed by atoms with Gasteiger partial charge in [0.2, 0.25) is 5.96 Å². The second-order valence-electron chi connectivity index (χ2n) is 3.82. The zero-order chi connectivity index (χ0) is 12.8. The fraction of sp³-hybridized carbons (Fsp3) is 0.0769. The molecule has 2 rings (SSSR count). The first-order valence-corrected chi connectivity index (χ1v) is 5.57. The Bertz CT molecular complexity index is 555. The smallest absolute Gasteiger partial charge is 0.211 e. The summed E-state index contributed by atoms with van der Waals surface area (Å²) in [7, 11) is 0. The predicted molar refractivity (Wildman–Crippen MR) is 80.6 cm³/mol. The summed E-state index contributed by atoms with van der Waals surface area (Å²) in [5.74, 6) is -0.0487. The molecule has 0 amide bonds. The zero-order valence-electron chi connectivity index (χ0n) is 10.3. The third kappa shape index (κ3) is 4.48. The number of hydrogen-bond acceptors (Lipinski definition) is 2. The minimum absolute atomic E-state index is 0. The molecular weight excluding hydrogens is 262 g/mol. The minimum Gasteiger partial charge on any atom is -0.369 e. The van der Waals surface area contributed by atoms with Crippen molar-refractivity contribution in [2.75, 3.05) is 0 Å². The summed E-state index contributed by atoms with van der Waals surface area (Å²) in [6.07, 6.45) is 3.62. The molecule has 0 aliphatic carbocycles. The van der Waals surface area contributed by atoms with Gasteiger partial charge in [-0.2, -0.15) is 5.10 Å². The van der Waals surface area contributed by atoms with Gasteiger partial charge in [-0.05, 0) is 17.7 Å². The van der Waals surface area contributed by atoms with E-state index in [1.165, 1.54) is 5.56 Å². The van der Waals surface area contributed by atoms with E-state index in [9.17, 15) is 0 Å². The Morgan fingerprint density at radius 2 is 1.84 bits per heavy atom. The van der Waals surface area contributed by atoms with E-state index < -0.39 is 0 Å². The van der Waals surface area contributed by atoms with Crippen molar-refractivity contribution in [1.29, 1.82) is 0 Å². The van der Waals surface area contributed by atoms with Gasteiger partial charge in [-0.1, -0.05) is 30.3 Å². The van der Waals surface area contributed by atoms with Crippen LogP contribution in [0.25, 0.3) is 0 Å². The lowest BCUT2D eigenvalue weighted by atomic mass is 10.2. The van der Waals surface area contributed by atoms with Gasteiger partial charge in [0.05, 0.1) is 11.9 Å². The highest BCUT2D eigenvalue weighted by atomic mass is 35.5. The van der Waals surface area contributed by atoms with Gasteiger partial charge < -0.3 is 16.0 Å². The van der Waals surface area contributed by atoms with Crippen molar-refractivity contribution in [1.82, 2.24) is 4.57 Å². The maximum absolute atomic E-state index is 5.20. The van der Waals surface area contributed by atoms with Crippen LogP contribution in [0, 0.1) is 0 Å². The van der Waals surface area contributed by atoms with Crippen molar-refractivity contribution >= 4 is 24.6 Å². The molecule has 2 aromatic rings. The van der Waals surface area contributed by atoms with Gasteiger partial charge in [0.15, 0.2) is 0 Å². The predicted octanol–water partition coefficient (Wildman–Crippen LogP) is 1.57. The zero-order valence-corrected chi connectivity index (χ0v) is 11.1. The average Bonchev–Trinajstić information content (AvgIpc) is 2.78. The first kappa shape index (κ1) is 14.8. The molecule has 0 atom stereocenters. The lowest BCUT2D eigenvalue weighted by Gasteiger charge is -2.05. The summed E-state index contributed by atoms with van der Waals surface area (Å²) in [6.45, 7) is 0.789. The molecule has 100 valence electrons. The van der Waals surface area contributed by atoms with Gasteiger partial charge >= 0.3 is 0 Å². The Morgan fingerprint density at radius 1 is 1.11 bits per heavy atom. The van der Waals surface area contributed by atoms with E-state index in [-0.39, 0.29) is 18.4 Å². The van der Waals surface area contributed by atoms with E-state index in [1.807, 2.05) is 36.5 Å². The molecule has 0 aliphatic heterocycles. The van der Waals surface area contributed by atoms with Gasteiger partial charge in [0, 0.05) is 12.7 Å². The van der Waals surface area contributed by atoms with Gasteiger partial charge in [-0.15, -0.1) is 17.5 Å². The van der Waals surface area contributed by atoms with E-state index in [2.05, 4.69) is 26.9 Å². The number of hydrogen-bond donors (Lipinski definition) is 2. The monoisotopic (exact) mass is 277 g/mol.